The smallest absolute Gasteiger partial charge is 0.270 e. The molecule has 0 bridgehead atoms. The highest BCUT2D eigenvalue weighted by Gasteiger charge is 2.16. The van der Waals surface area contributed by atoms with E-state index < -0.39 is 12.0 Å². The summed E-state index contributed by atoms with van der Waals surface area (Å²) in [5.74, 6) is 0.228. The van der Waals surface area contributed by atoms with Crippen LogP contribution in [0.4, 0.5) is 0 Å². The van der Waals surface area contributed by atoms with Gasteiger partial charge in [-0.3, -0.25) is 4.79 Å². The van der Waals surface area contributed by atoms with Gasteiger partial charge in [0, 0.05) is 31.4 Å². The van der Waals surface area contributed by atoms with Gasteiger partial charge in [-0.25, -0.2) is 4.99 Å². The molecule has 0 saturated carbocycles. The summed E-state index contributed by atoms with van der Waals surface area (Å²) in [7, 11) is 1.75. The van der Waals surface area contributed by atoms with Crippen molar-refractivity contribution in [3.63, 3.8) is 0 Å². The van der Waals surface area contributed by atoms with Gasteiger partial charge in [-0.2, -0.15) is 0 Å². The predicted octanol–water partition coefficient (Wildman–Crippen LogP) is 1.53. The maximum Gasteiger partial charge on any atom is 0.270 e. The minimum absolute atomic E-state index is 0.140. The van der Waals surface area contributed by atoms with Crippen LogP contribution in [0.15, 0.2) is 41.5 Å². The van der Waals surface area contributed by atoms with E-state index in [9.17, 15) is 9.90 Å². The number of ether oxygens (including phenoxy) is 3. The van der Waals surface area contributed by atoms with E-state index in [2.05, 4.69) is 11.7 Å². The topological polar surface area (TPSA) is 80.6 Å². The van der Waals surface area contributed by atoms with Gasteiger partial charge in [0.25, 0.3) is 5.91 Å². The summed E-state index contributed by atoms with van der Waals surface area (Å²) in [6, 6.07) is 7.42. The third kappa shape index (κ3) is 6.66. The molecule has 1 heterocycles. The number of amides is 1. The Morgan fingerprint density at radius 3 is 2.76 bits per heavy atom. The standard InChI is InChI=1S/C18H24N2O5/c1-19-17(22)8-9-20(2)12-15(21)13-25-16-6-4-14(5-7-16)18-23-10-3-11-24-18/h4-9,15,18,21H,1,3,10-13H2,2H3/b9-8-/t15-/m0/s1. The number of nitrogens with zero attached hydrogens (tertiary/aromatic N) is 2. The first kappa shape index (κ1) is 19.1. The van der Waals surface area contributed by atoms with Crippen LogP contribution in [-0.4, -0.2) is 62.1 Å². The van der Waals surface area contributed by atoms with Crippen LogP contribution in [0, 0.1) is 0 Å². The summed E-state index contributed by atoms with van der Waals surface area (Å²) in [5, 5.41) is 10.0. The van der Waals surface area contributed by atoms with Crippen LogP contribution < -0.4 is 4.74 Å². The van der Waals surface area contributed by atoms with E-state index in [1.54, 1.807) is 18.1 Å². The Labute approximate surface area is 147 Å². The van der Waals surface area contributed by atoms with E-state index in [1.165, 1.54) is 6.08 Å². The minimum atomic E-state index is -0.703. The summed E-state index contributed by atoms with van der Waals surface area (Å²) < 4.78 is 16.7. The lowest BCUT2D eigenvalue weighted by atomic mass is 10.2. The van der Waals surface area contributed by atoms with Gasteiger partial charge in [0.05, 0.1) is 13.2 Å². The molecule has 7 heteroatoms. The van der Waals surface area contributed by atoms with Crippen molar-refractivity contribution < 1.29 is 24.1 Å². The average molecular weight is 348 g/mol. The lowest BCUT2D eigenvalue weighted by molar-refractivity contribution is -0.183. The van der Waals surface area contributed by atoms with E-state index in [-0.39, 0.29) is 12.9 Å². The summed E-state index contributed by atoms with van der Waals surface area (Å²) in [4.78, 5) is 15.9. The molecule has 0 radical (unpaired) electrons. The molecule has 0 spiro atoms. The van der Waals surface area contributed by atoms with Crippen molar-refractivity contribution in [3.05, 3.63) is 42.1 Å². The van der Waals surface area contributed by atoms with E-state index in [0.717, 1.165) is 12.0 Å². The van der Waals surface area contributed by atoms with Crippen LogP contribution in [0.3, 0.4) is 0 Å². The molecule has 1 aromatic carbocycles. The number of rotatable bonds is 8. The lowest BCUT2D eigenvalue weighted by Gasteiger charge is -2.23. The van der Waals surface area contributed by atoms with E-state index >= 15 is 0 Å². The predicted molar refractivity (Wildman–Crippen MR) is 93.5 cm³/mol. The molecule has 136 valence electrons. The van der Waals surface area contributed by atoms with E-state index in [4.69, 9.17) is 14.2 Å². The number of aliphatic imine (C=N–C) groups is 1. The first-order valence-corrected chi connectivity index (χ1v) is 8.11. The molecule has 1 fully saturated rings. The van der Waals surface area contributed by atoms with Crippen LogP contribution in [0.2, 0.25) is 0 Å². The van der Waals surface area contributed by atoms with Crippen molar-refractivity contribution in [2.45, 2.75) is 18.8 Å². The number of aliphatic hydroxyl groups is 1. The van der Waals surface area contributed by atoms with Crippen molar-refractivity contribution >= 4 is 12.6 Å². The normalized spacial score (nSPS) is 16.6. The van der Waals surface area contributed by atoms with Crippen molar-refractivity contribution in [1.29, 1.82) is 0 Å². The third-order valence-electron chi connectivity index (χ3n) is 3.55. The number of aliphatic hydroxyl groups excluding tert-OH is 1. The van der Waals surface area contributed by atoms with Gasteiger partial charge in [-0.1, -0.05) is 12.1 Å². The maximum atomic E-state index is 11.0. The Morgan fingerprint density at radius 1 is 1.44 bits per heavy atom. The number of benzene rings is 1. The Balaban J connectivity index is 1.75. The van der Waals surface area contributed by atoms with E-state index in [1.807, 2.05) is 24.3 Å². The van der Waals surface area contributed by atoms with Gasteiger partial charge >= 0.3 is 0 Å². The molecule has 1 saturated heterocycles. The number of hydrogen-bond acceptors (Lipinski definition) is 6. The zero-order chi connectivity index (χ0) is 18.1. The number of carbonyl (C=O) groups excluding carboxylic acids is 1. The summed E-state index contributed by atoms with van der Waals surface area (Å²) >= 11 is 0. The fraction of sp³-hybridized carbons (Fsp3) is 0.444. The molecule has 1 aromatic rings. The second-order valence-electron chi connectivity index (χ2n) is 5.71. The molecule has 1 N–H and O–H groups in total. The largest absolute Gasteiger partial charge is 0.491 e. The zero-order valence-corrected chi connectivity index (χ0v) is 14.3. The van der Waals surface area contributed by atoms with Gasteiger partial charge in [-0.15, -0.1) is 0 Å². The monoisotopic (exact) mass is 348 g/mol. The van der Waals surface area contributed by atoms with Crippen molar-refractivity contribution in [3.8, 4) is 5.75 Å². The van der Waals surface area contributed by atoms with Crippen LogP contribution in [-0.2, 0) is 14.3 Å². The molecule has 25 heavy (non-hydrogen) atoms. The fourth-order valence-electron chi connectivity index (χ4n) is 2.28. The van der Waals surface area contributed by atoms with Crippen molar-refractivity contribution in [2.75, 3.05) is 33.4 Å². The molecule has 1 atom stereocenters. The molecule has 2 rings (SSSR count). The van der Waals surface area contributed by atoms with Gasteiger partial charge in [-0.05, 0) is 25.3 Å². The lowest BCUT2D eigenvalue weighted by Crippen LogP contribution is -2.30. The summed E-state index contributed by atoms with van der Waals surface area (Å²) in [5.41, 5.74) is 0.943. The second kappa shape index (κ2) is 9.93. The molecule has 0 aromatic heterocycles. The quantitative estimate of drug-likeness (QED) is 0.567. The van der Waals surface area contributed by atoms with Gasteiger partial charge < -0.3 is 24.2 Å². The van der Waals surface area contributed by atoms with Gasteiger partial charge in [0.15, 0.2) is 6.29 Å². The number of hydrogen-bond donors (Lipinski definition) is 1. The zero-order valence-electron chi connectivity index (χ0n) is 14.3. The first-order valence-electron chi connectivity index (χ1n) is 8.11. The Bertz CT molecular complexity index is 582. The Hall–Kier alpha value is -2.22. The van der Waals surface area contributed by atoms with Crippen LogP contribution >= 0.6 is 0 Å². The Morgan fingerprint density at radius 2 is 2.12 bits per heavy atom. The molecule has 7 nitrogen and oxygen atoms in total. The molecule has 1 amide bonds. The van der Waals surface area contributed by atoms with Crippen LogP contribution in [0.25, 0.3) is 0 Å². The summed E-state index contributed by atoms with van der Waals surface area (Å²) in [6.07, 6.45) is 2.72. The van der Waals surface area contributed by atoms with Gasteiger partial charge in [0.2, 0.25) is 0 Å². The first-order chi connectivity index (χ1) is 12.1. The molecule has 0 aliphatic carbocycles. The molecule has 1 aliphatic heterocycles. The second-order valence-corrected chi connectivity index (χ2v) is 5.71. The minimum Gasteiger partial charge on any atom is -0.491 e. The highest BCUT2D eigenvalue weighted by molar-refractivity contribution is 5.90. The van der Waals surface area contributed by atoms with Gasteiger partial charge in [0.1, 0.15) is 18.5 Å². The van der Waals surface area contributed by atoms with Crippen molar-refractivity contribution in [2.24, 2.45) is 4.99 Å². The van der Waals surface area contributed by atoms with Crippen molar-refractivity contribution in [1.82, 2.24) is 4.90 Å². The number of likely N-dealkylation sites (N-methyl/N-ethyl adjacent to an activating group) is 1. The molecular formula is C18H24N2O5. The highest BCUT2D eigenvalue weighted by atomic mass is 16.7. The number of carbonyl (C=O) groups is 1. The third-order valence-corrected chi connectivity index (χ3v) is 3.55. The van der Waals surface area contributed by atoms with E-state index in [0.29, 0.717) is 25.5 Å². The SMILES string of the molecule is C=NC(=O)/C=C\N(C)C[C@H](O)COc1ccc(C2OCCCO2)cc1. The average Bonchev–Trinajstić information content (AvgIpc) is 2.65. The Kier molecular flexibility index (Phi) is 7.59. The fourth-order valence-corrected chi connectivity index (χ4v) is 2.28. The summed E-state index contributed by atoms with van der Waals surface area (Å²) in [6.45, 7) is 5.01. The molecular weight excluding hydrogens is 324 g/mol. The molecule has 1 aliphatic rings. The van der Waals surface area contributed by atoms with Crippen LogP contribution in [0.5, 0.6) is 5.75 Å². The highest BCUT2D eigenvalue weighted by Crippen LogP contribution is 2.24. The maximum absolute atomic E-state index is 11.0. The van der Waals surface area contributed by atoms with Crippen LogP contribution in [0.1, 0.15) is 18.3 Å². The molecule has 0 unspecified atom stereocenters.